The molecule has 4 aromatic rings. The molecule has 2 amide bonds. The van der Waals surface area contributed by atoms with Crippen LogP contribution in [0.25, 0.3) is 11.2 Å². The molecule has 0 aliphatic carbocycles. The van der Waals surface area contributed by atoms with Crippen LogP contribution >= 0.6 is 0 Å². The maximum atomic E-state index is 12.9. The lowest BCUT2D eigenvalue weighted by atomic mass is 10.1. The molecule has 0 saturated heterocycles. The number of amides is 2. The number of ether oxygens (including phenoxy) is 1. The van der Waals surface area contributed by atoms with Crippen molar-refractivity contribution >= 4 is 28.9 Å². The predicted octanol–water partition coefficient (Wildman–Crippen LogP) is 1.09. The first kappa shape index (κ1) is 23.0. The van der Waals surface area contributed by atoms with E-state index in [2.05, 4.69) is 4.98 Å². The molecule has 3 heterocycles. The molecule has 0 saturated carbocycles. The summed E-state index contributed by atoms with van der Waals surface area (Å²) in [5, 5.41) is 0. The van der Waals surface area contributed by atoms with E-state index in [1.807, 2.05) is 30.3 Å². The van der Waals surface area contributed by atoms with Crippen LogP contribution in [0.4, 0.5) is 0 Å². The molecule has 36 heavy (non-hydrogen) atoms. The lowest BCUT2D eigenvalue weighted by Crippen LogP contribution is -2.37. The summed E-state index contributed by atoms with van der Waals surface area (Å²) in [6, 6.07) is 13.4. The van der Waals surface area contributed by atoms with E-state index in [9.17, 15) is 24.0 Å². The second kappa shape index (κ2) is 8.77. The number of carbonyl (C=O) groups excluding carboxylic acids is 3. The van der Waals surface area contributed by atoms with Crippen LogP contribution < -0.4 is 11.2 Å². The molecule has 0 radical (unpaired) electrons. The molecular formula is C25H21N5O6. The number of aryl methyl sites for hydroxylation is 1. The number of benzene rings is 2. The molecule has 0 N–H and O–H groups in total. The van der Waals surface area contributed by atoms with E-state index in [0.717, 1.165) is 15.0 Å². The van der Waals surface area contributed by atoms with Crippen LogP contribution in [0.2, 0.25) is 0 Å². The highest BCUT2D eigenvalue weighted by molar-refractivity contribution is 6.21. The zero-order valence-corrected chi connectivity index (χ0v) is 19.5. The molecular weight excluding hydrogens is 466 g/mol. The van der Waals surface area contributed by atoms with Gasteiger partial charge in [0.25, 0.3) is 17.4 Å². The molecule has 182 valence electrons. The largest absolute Gasteiger partial charge is 0.460 e. The van der Waals surface area contributed by atoms with Crippen LogP contribution in [0.5, 0.6) is 0 Å². The summed E-state index contributed by atoms with van der Waals surface area (Å²) in [4.78, 5) is 68.1. The van der Waals surface area contributed by atoms with Gasteiger partial charge >= 0.3 is 11.7 Å². The van der Waals surface area contributed by atoms with E-state index in [1.165, 1.54) is 47.8 Å². The minimum Gasteiger partial charge on any atom is -0.460 e. The van der Waals surface area contributed by atoms with Gasteiger partial charge in [-0.05, 0) is 23.8 Å². The molecule has 11 nitrogen and oxygen atoms in total. The highest BCUT2D eigenvalue weighted by Crippen LogP contribution is 2.26. The normalized spacial score (nSPS) is 12.9. The van der Waals surface area contributed by atoms with Crippen LogP contribution in [0.3, 0.4) is 0 Å². The van der Waals surface area contributed by atoms with E-state index in [-0.39, 0.29) is 47.6 Å². The van der Waals surface area contributed by atoms with Gasteiger partial charge in [0.05, 0.1) is 36.1 Å². The van der Waals surface area contributed by atoms with Gasteiger partial charge in [0.15, 0.2) is 11.2 Å². The Hall–Kier alpha value is -4.80. The van der Waals surface area contributed by atoms with Gasteiger partial charge in [-0.2, -0.15) is 0 Å². The van der Waals surface area contributed by atoms with Crippen molar-refractivity contribution in [1.82, 2.24) is 23.6 Å². The smallest absolute Gasteiger partial charge is 0.338 e. The summed E-state index contributed by atoms with van der Waals surface area (Å²) in [6.07, 6.45) is 1.40. The van der Waals surface area contributed by atoms with Crippen LogP contribution in [0, 0.1) is 0 Å². The second-order valence-electron chi connectivity index (χ2n) is 8.39. The first-order valence-corrected chi connectivity index (χ1v) is 11.1. The summed E-state index contributed by atoms with van der Waals surface area (Å²) in [5.74, 6) is -1.56. The Morgan fingerprint density at radius 2 is 1.64 bits per heavy atom. The fraction of sp³-hybridized carbons (Fsp3) is 0.200. The van der Waals surface area contributed by atoms with Gasteiger partial charge in [-0.25, -0.2) is 14.6 Å². The lowest BCUT2D eigenvalue weighted by Gasteiger charge is -2.13. The SMILES string of the molecule is Cn1c(=O)c2c(ncn2CCOC(=O)c2ccc3c(c2)C(=O)N(Cc2ccccc2)C3=O)n(C)c1=O. The number of rotatable bonds is 6. The van der Waals surface area contributed by atoms with Gasteiger partial charge in [0, 0.05) is 14.1 Å². The summed E-state index contributed by atoms with van der Waals surface area (Å²) < 4.78 is 9.10. The Balaban J connectivity index is 1.30. The summed E-state index contributed by atoms with van der Waals surface area (Å²) in [5.41, 5.74) is 0.787. The number of imidazole rings is 1. The van der Waals surface area contributed by atoms with Crippen molar-refractivity contribution in [3.63, 3.8) is 0 Å². The van der Waals surface area contributed by atoms with Crippen molar-refractivity contribution in [2.45, 2.75) is 13.1 Å². The van der Waals surface area contributed by atoms with Crippen LogP contribution in [-0.4, -0.2) is 48.0 Å². The van der Waals surface area contributed by atoms with Crippen molar-refractivity contribution in [3.8, 4) is 0 Å². The fourth-order valence-corrected chi connectivity index (χ4v) is 4.21. The minimum atomic E-state index is -0.677. The summed E-state index contributed by atoms with van der Waals surface area (Å²) in [7, 11) is 2.89. The van der Waals surface area contributed by atoms with Crippen molar-refractivity contribution < 1.29 is 19.1 Å². The molecule has 1 aliphatic rings. The van der Waals surface area contributed by atoms with Gasteiger partial charge < -0.3 is 9.30 Å². The van der Waals surface area contributed by atoms with Crippen molar-refractivity contribution in [2.75, 3.05) is 6.61 Å². The Bertz CT molecular complexity index is 1660. The second-order valence-corrected chi connectivity index (χ2v) is 8.39. The number of hydrogen-bond donors (Lipinski definition) is 0. The van der Waals surface area contributed by atoms with Gasteiger partial charge in [-0.15, -0.1) is 0 Å². The molecule has 0 spiro atoms. The number of hydrogen-bond acceptors (Lipinski definition) is 7. The molecule has 11 heteroatoms. The van der Waals surface area contributed by atoms with Crippen molar-refractivity contribution in [1.29, 1.82) is 0 Å². The van der Waals surface area contributed by atoms with E-state index < -0.39 is 29.0 Å². The molecule has 0 fully saturated rings. The highest BCUT2D eigenvalue weighted by Gasteiger charge is 2.36. The molecule has 2 aromatic heterocycles. The minimum absolute atomic E-state index is 0.0830. The third kappa shape index (κ3) is 3.70. The maximum Gasteiger partial charge on any atom is 0.338 e. The van der Waals surface area contributed by atoms with Gasteiger partial charge in [-0.1, -0.05) is 30.3 Å². The van der Waals surface area contributed by atoms with Crippen LogP contribution in [-0.2, 0) is 31.9 Å². The van der Waals surface area contributed by atoms with Gasteiger partial charge in [-0.3, -0.25) is 28.4 Å². The summed E-state index contributed by atoms with van der Waals surface area (Å²) >= 11 is 0. The van der Waals surface area contributed by atoms with E-state index in [0.29, 0.717) is 0 Å². The third-order valence-corrected chi connectivity index (χ3v) is 6.17. The summed E-state index contributed by atoms with van der Waals surface area (Å²) in [6.45, 7) is 0.181. The number of fused-ring (bicyclic) bond motifs is 2. The topological polar surface area (TPSA) is 126 Å². The van der Waals surface area contributed by atoms with Gasteiger partial charge in [0.2, 0.25) is 0 Å². The molecule has 5 rings (SSSR count). The highest BCUT2D eigenvalue weighted by atomic mass is 16.5. The lowest BCUT2D eigenvalue weighted by molar-refractivity contribution is 0.0492. The quantitative estimate of drug-likeness (QED) is 0.294. The average molecular weight is 487 g/mol. The molecule has 2 aromatic carbocycles. The van der Waals surface area contributed by atoms with Crippen molar-refractivity contribution in [2.24, 2.45) is 14.1 Å². The number of nitrogens with zero attached hydrogens (tertiary/aromatic N) is 5. The third-order valence-electron chi connectivity index (χ3n) is 6.17. The zero-order valence-electron chi connectivity index (χ0n) is 19.5. The standard InChI is InChI=1S/C25H21N5O6/c1-27-20-19(23(33)28(2)25(27)35)29(14-26-20)10-11-36-24(34)16-8-9-17-18(12-16)22(32)30(21(17)31)13-15-6-4-3-5-7-15/h3-9,12,14H,10-11,13H2,1-2H3. The molecule has 0 atom stereocenters. The monoisotopic (exact) mass is 487 g/mol. The average Bonchev–Trinajstić information content (AvgIpc) is 3.41. The molecule has 1 aliphatic heterocycles. The Labute approximate surface area is 203 Å². The number of aromatic nitrogens is 4. The van der Waals surface area contributed by atoms with Crippen molar-refractivity contribution in [3.05, 3.63) is 98.0 Å². The van der Waals surface area contributed by atoms with Crippen LogP contribution in [0.15, 0.2) is 64.4 Å². The number of esters is 1. The first-order valence-electron chi connectivity index (χ1n) is 11.1. The maximum absolute atomic E-state index is 12.9. The Morgan fingerprint density at radius 3 is 2.39 bits per heavy atom. The Morgan fingerprint density at radius 1 is 0.917 bits per heavy atom. The van der Waals surface area contributed by atoms with E-state index in [1.54, 1.807) is 0 Å². The number of carbonyl (C=O) groups is 3. The number of imide groups is 1. The molecule has 0 bridgehead atoms. The van der Waals surface area contributed by atoms with Gasteiger partial charge in [0.1, 0.15) is 6.61 Å². The van der Waals surface area contributed by atoms with Crippen LogP contribution in [0.1, 0.15) is 36.6 Å². The Kier molecular flexibility index (Phi) is 5.59. The predicted molar refractivity (Wildman–Crippen MR) is 128 cm³/mol. The molecule has 0 unspecified atom stereocenters. The zero-order chi connectivity index (χ0) is 25.6. The first-order chi connectivity index (χ1) is 17.3. The van der Waals surface area contributed by atoms with E-state index >= 15 is 0 Å². The fourth-order valence-electron chi connectivity index (χ4n) is 4.21. The van der Waals surface area contributed by atoms with E-state index in [4.69, 9.17) is 4.74 Å².